The minimum absolute atomic E-state index is 0.0701. The van der Waals surface area contributed by atoms with Gasteiger partial charge in [-0.15, -0.1) is 0 Å². The summed E-state index contributed by atoms with van der Waals surface area (Å²) in [4.78, 5) is 0. The lowest BCUT2D eigenvalue weighted by atomic mass is 10.1. The number of anilines is 1. The first kappa shape index (κ1) is 10.5. The van der Waals surface area contributed by atoms with E-state index in [2.05, 4.69) is 5.10 Å². The number of nitrogens with zero attached hydrogens (tertiary/aromatic N) is 2. The van der Waals surface area contributed by atoms with Gasteiger partial charge in [0.1, 0.15) is 17.7 Å². The van der Waals surface area contributed by atoms with Crippen molar-refractivity contribution in [1.29, 1.82) is 0 Å². The van der Waals surface area contributed by atoms with Crippen LogP contribution >= 0.6 is 0 Å². The fourth-order valence-corrected chi connectivity index (χ4v) is 1.53. The van der Waals surface area contributed by atoms with E-state index in [1.165, 1.54) is 10.7 Å². The van der Waals surface area contributed by atoms with Crippen LogP contribution in [0.1, 0.15) is 11.7 Å². The summed E-state index contributed by atoms with van der Waals surface area (Å²) < 4.78 is 1.48. The average Bonchev–Trinajstić information content (AvgIpc) is 2.65. The number of hydrogen-bond acceptors (Lipinski definition) is 4. The summed E-state index contributed by atoms with van der Waals surface area (Å²) in [5, 5.41) is 23.4. The van der Waals surface area contributed by atoms with E-state index in [9.17, 15) is 10.2 Å². The van der Waals surface area contributed by atoms with Crippen molar-refractivity contribution in [3.05, 3.63) is 42.1 Å². The third-order valence-electron chi connectivity index (χ3n) is 2.39. The van der Waals surface area contributed by atoms with Gasteiger partial charge in [-0.05, 0) is 12.1 Å². The average molecular weight is 219 g/mol. The smallest absolute Gasteiger partial charge is 0.121 e. The number of para-hydroxylation sites is 1. The Morgan fingerprint density at radius 2 is 2.06 bits per heavy atom. The van der Waals surface area contributed by atoms with Crippen LogP contribution in [0, 0.1) is 0 Å². The highest BCUT2D eigenvalue weighted by molar-refractivity contribution is 5.34. The molecular formula is C11H13N3O2. The van der Waals surface area contributed by atoms with Gasteiger partial charge >= 0.3 is 0 Å². The van der Waals surface area contributed by atoms with Crippen molar-refractivity contribution >= 4 is 5.82 Å². The second-order valence-electron chi connectivity index (χ2n) is 3.51. The van der Waals surface area contributed by atoms with Crippen LogP contribution in [0.15, 0.2) is 36.5 Å². The summed E-state index contributed by atoms with van der Waals surface area (Å²) in [6, 6.07) is 8.31. The van der Waals surface area contributed by atoms with E-state index in [0.29, 0.717) is 11.4 Å². The fraction of sp³-hybridized carbons (Fsp3) is 0.182. The lowest BCUT2D eigenvalue weighted by Crippen LogP contribution is -2.12. The number of aromatic nitrogens is 2. The molecule has 16 heavy (non-hydrogen) atoms. The zero-order valence-corrected chi connectivity index (χ0v) is 8.61. The molecule has 2 aromatic rings. The van der Waals surface area contributed by atoms with Crippen LogP contribution in [-0.4, -0.2) is 20.0 Å². The van der Waals surface area contributed by atoms with Crippen molar-refractivity contribution in [2.75, 3.05) is 5.73 Å². The monoisotopic (exact) mass is 219 g/mol. The van der Waals surface area contributed by atoms with Crippen molar-refractivity contribution in [2.24, 2.45) is 0 Å². The molecule has 0 bridgehead atoms. The number of phenolic OH excluding ortho intramolecular Hbond substituents is 1. The number of rotatable bonds is 3. The summed E-state index contributed by atoms with van der Waals surface area (Å²) in [6.07, 6.45) is 0.732. The number of aromatic hydroxyl groups is 1. The van der Waals surface area contributed by atoms with Gasteiger partial charge in [0, 0.05) is 5.56 Å². The van der Waals surface area contributed by atoms with Crippen LogP contribution in [0.3, 0.4) is 0 Å². The number of aliphatic hydroxyl groups excluding tert-OH is 1. The molecule has 0 aliphatic heterocycles. The normalized spacial score (nSPS) is 12.6. The van der Waals surface area contributed by atoms with Gasteiger partial charge in [-0.2, -0.15) is 5.10 Å². The van der Waals surface area contributed by atoms with Gasteiger partial charge in [-0.1, -0.05) is 18.2 Å². The van der Waals surface area contributed by atoms with Gasteiger partial charge in [-0.3, -0.25) is 0 Å². The third-order valence-corrected chi connectivity index (χ3v) is 2.39. The van der Waals surface area contributed by atoms with E-state index < -0.39 is 6.10 Å². The van der Waals surface area contributed by atoms with Crippen LogP contribution < -0.4 is 5.73 Å². The highest BCUT2D eigenvalue weighted by atomic mass is 16.3. The molecule has 0 amide bonds. The maximum atomic E-state index is 9.92. The molecular weight excluding hydrogens is 206 g/mol. The van der Waals surface area contributed by atoms with Gasteiger partial charge in [-0.25, -0.2) is 4.68 Å². The van der Waals surface area contributed by atoms with Crippen LogP contribution in [0.25, 0.3) is 0 Å². The van der Waals surface area contributed by atoms with E-state index in [4.69, 9.17) is 5.73 Å². The zero-order valence-electron chi connectivity index (χ0n) is 8.61. The van der Waals surface area contributed by atoms with Crippen molar-refractivity contribution in [1.82, 2.24) is 9.78 Å². The molecule has 0 saturated carbocycles. The minimum Gasteiger partial charge on any atom is -0.508 e. The maximum Gasteiger partial charge on any atom is 0.121 e. The molecule has 1 unspecified atom stereocenters. The number of phenols is 1. The van der Waals surface area contributed by atoms with Crippen LogP contribution in [0.5, 0.6) is 5.75 Å². The largest absolute Gasteiger partial charge is 0.508 e. The first-order valence-electron chi connectivity index (χ1n) is 4.91. The first-order valence-corrected chi connectivity index (χ1v) is 4.91. The van der Waals surface area contributed by atoms with Crippen LogP contribution in [0.4, 0.5) is 5.82 Å². The molecule has 0 fully saturated rings. The molecule has 84 valence electrons. The summed E-state index contributed by atoms with van der Waals surface area (Å²) in [5.74, 6) is 0.551. The molecule has 0 saturated heterocycles. The van der Waals surface area contributed by atoms with Crippen molar-refractivity contribution in [2.45, 2.75) is 12.6 Å². The van der Waals surface area contributed by atoms with E-state index in [-0.39, 0.29) is 12.3 Å². The highest BCUT2D eigenvalue weighted by Gasteiger charge is 2.13. The Labute approximate surface area is 92.8 Å². The van der Waals surface area contributed by atoms with Crippen molar-refractivity contribution < 1.29 is 10.2 Å². The van der Waals surface area contributed by atoms with Gasteiger partial charge in [0.05, 0.1) is 12.7 Å². The quantitative estimate of drug-likeness (QED) is 0.716. The maximum absolute atomic E-state index is 9.92. The van der Waals surface area contributed by atoms with E-state index in [0.717, 1.165) is 0 Å². The van der Waals surface area contributed by atoms with E-state index in [1.807, 2.05) is 0 Å². The number of benzene rings is 1. The zero-order chi connectivity index (χ0) is 11.5. The predicted octanol–water partition coefficient (Wildman–Crippen LogP) is 0.904. The van der Waals surface area contributed by atoms with Gasteiger partial charge in [0.25, 0.3) is 0 Å². The van der Waals surface area contributed by atoms with Crippen molar-refractivity contribution in [3.63, 3.8) is 0 Å². The summed E-state index contributed by atoms with van der Waals surface area (Å²) >= 11 is 0. The predicted molar refractivity (Wildman–Crippen MR) is 59.7 cm³/mol. The second kappa shape index (κ2) is 4.24. The van der Waals surface area contributed by atoms with E-state index >= 15 is 0 Å². The standard InChI is InChI=1S/C11H13N3O2/c12-11-5-6-13-14(11)7-10(16)8-3-1-2-4-9(8)15/h1-6,10,15-16H,7,12H2. The number of nitrogen functional groups attached to an aromatic ring is 1. The third kappa shape index (κ3) is 1.99. The van der Waals surface area contributed by atoms with Gasteiger partial charge in [0.15, 0.2) is 0 Å². The molecule has 0 aliphatic carbocycles. The highest BCUT2D eigenvalue weighted by Crippen LogP contribution is 2.24. The Hall–Kier alpha value is -2.01. The lowest BCUT2D eigenvalue weighted by Gasteiger charge is -2.13. The van der Waals surface area contributed by atoms with Crippen molar-refractivity contribution in [3.8, 4) is 5.75 Å². The van der Waals surface area contributed by atoms with Crippen LogP contribution in [-0.2, 0) is 6.54 Å². The Balaban J connectivity index is 2.18. The Morgan fingerprint density at radius 1 is 1.31 bits per heavy atom. The molecule has 0 spiro atoms. The number of hydrogen-bond donors (Lipinski definition) is 3. The minimum atomic E-state index is -0.830. The first-order chi connectivity index (χ1) is 7.68. The molecule has 2 rings (SSSR count). The molecule has 1 heterocycles. The number of aliphatic hydroxyl groups is 1. The Bertz CT molecular complexity index is 482. The molecule has 1 atom stereocenters. The van der Waals surface area contributed by atoms with Gasteiger partial charge < -0.3 is 15.9 Å². The summed E-state index contributed by atoms with van der Waals surface area (Å²) in [6.45, 7) is 0.219. The SMILES string of the molecule is Nc1ccnn1CC(O)c1ccccc1O. The molecule has 5 nitrogen and oxygen atoms in total. The number of nitrogens with two attached hydrogens (primary N) is 1. The molecule has 0 aliphatic rings. The molecule has 1 aromatic heterocycles. The Morgan fingerprint density at radius 3 is 2.69 bits per heavy atom. The summed E-state index contributed by atoms with van der Waals surface area (Å²) in [5.41, 5.74) is 6.10. The Kier molecular flexibility index (Phi) is 2.78. The molecule has 1 aromatic carbocycles. The van der Waals surface area contributed by atoms with E-state index in [1.54, 1.807) is 30.5 Å². The summed E-state index contributed by atoms with van der Waals surface area (Å²) in [7, 11) is 0. The molecule has 5 heteroatoms. The fourth-order valence-electron chi connectivity index (χ4n) is 1.53. The second-order valence-corrected chi connectivity index (χ2v) is 3.51. The lowest BCUT2D eigenvalue weighted by molar-refractivity contribution is 0.149. The topological polar surface area (TPSA) is 84.3 Å². The molecule has 4 N–H and O–H groups in total. The van der Waals surface area contributed by atoms with Crippen LogP contribution in [0.2, 0.25) is 0 Å². The molecule has 0 radical (unpaired) electrons. The van der Waals surface area contributed by atoms with Gasteiger partial charge in [0.2, 0.25) is 0 Å².